The molecule has 1 aliphatic heterocycles. The number of aromatic nitrogens is 3. The number of rotatable bonds is 7. The molecular weight excluding hydrogens is 300 g/mol. The molecule has 1 saturated heterocycles. The van der Waals surface area contributed by atoms with Gasteiger partial charge in [0.25, 0.3) is 0 Å². The fraction of sp³-hybridized carbons (Fsp3) is 0.600. The third kappa shape index (κ3) is 3.91. The first-order valence-electron chi connectivity index (χ1n) is 7.69. The van der Waals surface area contributed by atoms with Crippen molar-refractivity contribution in [2.45, 2.75) is 42.7 Å². The van der Waals surface area contributed by atoms with Gasteiger partial charge in [-0.05, 0) is 43.3 Å². The maximum absolute atomic E-state index is 5.91. The quantitative estimate of drug-likeness (QED) is 0.781. The van der Waals surface area contributed by atoms with Gasteiger partial charge in [-0.1, -0.05) is 6.92 Å². The minimum absolute atomic E-state index is 0.377. The summed E-state index contributed by atoms with van der Waals surface area (Å²) in [5.74, 6) is 0.976. The first kappa shape index (κ1) is 15.6. The van der Waals surface area contributed by atoms with Crippen molar-refractivity contribution in [1.29, 1.82) is 0 Å². The Balaban J connectivity index is 1.56. The van der Waals surface area contributed by atoms with E-state index in [0.717, 1.165) is 42.3 Å². The molecule has 0 aliphatic carbocycles. The molecular formula is C15H22N4O2S. The summed E-state index contributed by atoms with van der Waals surface area (Å²) in [6.45, 7) is 5.86. The maximum atomic E-state index is 5.91. The molecule has 22 heavy (non-hydrogen) atoms. The molecule has 3 rings (SSSR count). The summed E-state index contributed by atoms with van der Waals surface area (Å²) in [7, 11) is 1.92. The molecule has 0 amide bonds. The molecule has 0 spiro atoms. The van der Waals surface area contributed by atoms with E-state index in [1.807, 2.05) is 23.7 Å². The van der Waals surface area contributed by atoms with Crippen LogP contribution in [0.2, 0.25) is 0 Å². The number of ether oxygens (including phenoxy) is 1. The van der Waals surface area contributed by atoms with E-state index < -0.39 is 0 Å². The number of likely N-dealkylation sites (N-methyl/N-ethyl adjacent to an activating group) is 1. The highest BCUT2D eigenvalue weighted by Crippen LogP contribution is 2.27. The third-order valence-corrected chi connectivity index (χ3v) is 4.78. The van der Waals surface area contributed by atoms with E-state index in [1.54, 1.807) is 6.33 Å². The first-order chi connectivity index (χ1) is 10.7. The lowest BCUT2D eigenvalue weighted by molar-refractivity contribution is 0.0699. The summed E-state index contributed by atoms with van der Waals surface area (Å²) in [6, 6.07) is 4.03. The highest BCUT2D eigenvalue weighted by atomic mass is 32.2. The van der Waals surface area contributed by atoms with Crippen LogP contribution in [-0.2, 0) is 18.3 Å². The van der Waals surface area contributed by atoms with Crippen LogP contribution in [0.25, 0.3) is 0 Å². The minimum Gasteiger partial charge on any atom is -0.453 e. The van der Waals surface area contributed by atoms with Crippen LogP contribution in [0.5, 0.6) is 0 Å². The summed E-state index contributed by atoms with van der Waals surface area (Å²) in [4.78, 5) is 2.37. The van der Waals surface area contributed by atoms with Crippen molar-refractivity contribution in [3.05, 3.63) is 24.2 Å². The lowest BCUT2D eigenvalue weighted by atomic mass is 10.2. The molecule has 0 unspecified atom stereocenters. The Morgan fingerprint density at radius 2 is 2.36 bits per heavy atom. The molecule has 120 valence electrons. The Kier molecular flexibility index (Phi) is 5.17. The van der Waals surface area contributed by atoms with Crippen LogP contribution in [0.3, 0.4) is 0 Å². The molecule has 0 aromatic carbocycles. The van der Waals surface area contributed by atoms with Crippen LogP contribution < -0.4 is 0 Å². The molecule has 0 saturated carbocycles. The fourth-order valence-corrected chi connectivity index (χ4v) is 3.30. The smallest absolute Gasteiger partial charge is 0.198 e. The molecule has 7 heteroatoms. The van der Waals surface area contributed by atoms with Gasteiger partial charge in [-0.25, -0.2) is 0 Å². The van der Waals surface area contributed by atoms with E-state index in [4.69, 9.17) is 9.15 Å². The second-order valence-electron chi connectivity index (χ2n) is 5.51. The fourth-order valence-electron chi connectivity index (χ4n) is 2.56. The van der Waals surface area contributed by atoms with Gasteiger partial charge in [-0.2, -0.15) is 0 Å². The molecule has 2 aromatic rings. The Morgan fingerprint density at radius 1 is 1.45 bits per heavy atom. The van der Waals surface area contributed by atoms with E-state index in [2.05, 4.69) is 22.0 Å². The van der Waals surface area contributed by atoms with E-state index in [9.17, 15) is 0 Å². The molecule has 6 nitrogen and oxygen atoms in total. The van der Waals surface area contributed by atoms with E-state index in [-0.39, 0.29) is 0 Å². The zero-order chi connectivity index (χ0) is 15.4. The molecule has 1 aliphatic rings. The third-order valence-electron chi connectivity index (χ3n) is 3.81. The number of hydrogen-bond acceptors (Lipinski definition) is 6. The average Bonchev–Trinajstić information content (AvgIpc) is 3.24. The van der Waals surface area contributed by atoms with Gasteiger partial charge in [0.2, 0.25) is 0 Å². The van der Waals surface area contributed by atoms with Gasteiger partial charge in [0.15, 0.2) is 10.2 Å². The van der Waals surface area contributed by atoms with Crippen molar-refractivity contribution >= 4 is 11.8 Å². The molecule has 3 heterocycles. The monoisotopic (exact) mass is 322 g/mol. The lowest BCUT2D eigenvalue weighted by Crippen LogP contribution is -2.31. The second kappa shape index (κ2) is 7.30. The molecule has 1 atom stereocenters. The normalized spacial score (nSPS) is 18.4. The zero-order valence-electron chi connectivity index (χ0n) is 13.1. The van der Waals surface area contributed by atoms with Crippen LogP contribution in [-0.4, -0.2) is 45.5 Å². The van der Waals surface area contributed by atoms with Crippen molar-refractivity contribution < 1.29 is 9.15 Å². The summed E-state index contributed by atoms with van der Waals surface area (Å²) in [5, 5.41) is 9.60. The van der Waals surface area contributed by atoms with Gasteiger partial charge in [-0.15, -0.1) is 10.2 Å². The molecule has 0 bridgehead atoms. The Hall–Kier alpha value is -1.31. The van der Waals surface area contributed by atoms with Crippen LogP contribution in [0.4, 0.5) is 0 Å². The molecule has 0 N–H and O–H groups in total. The summed E-state index contributed by atoms with van der Waals surface area (Å²) < 4.78 is 13.5. The van der Waals surface area contributed by atoms with E-state index >= 15 is 0 Å². The van der Waals surface area contributed by atoms with E-state index in [1.165, 1.54) is 24.6 Å². The zero-order valence-corrected chi connectivity index (χ0v) is 13.9. The van der Waals surface area contributed by atoms with Gasteiger partial charge in [0.05, 0.1) is 12.6 Å². The number of nitrogens with zero attached hydrogens (tertiary/aromatic N) is 4. The van der Waals surface area contributed by atoms with Gasteiger partial charge in [-0.3, -0.25) is 4.90 Å². The lowest BCUT2D eigenvalue weighted by Gasteiger charge is -2.22. The van der Waals surface area contributed by atoms with Crippen LogP contribution >= 0.6 is 11.8 Å². The average molecular weight is 322 g/mol. The largest absolute Gasteiger partial charge is 0.453 e. The first-order valence-corrected chi connectivity index (χ1v) is 8.50. The van der Waals surface area contributed by atoms with Gasteiger partial charge in [0, 0.05) is 20.2 Å². The van der Waals surface area contributed by atoms with Crippen molar-refractivity contribution in [2.75, 3.05) is 19.7 Å². The second-order valence-corrected chi connectivity index (χ2v) is 6.48. The number of furan rings is 1. The Bertz CT molecular complexity index is 592. The van der Waals surface area contributed by atoms with Crippen LogP contribution in [0.1, 0.15) is 25.5 Å². The summed E-state index contributed by atoms with van der Waals surface area (Å²) >= 11 is 1.49. The summed E-state index contributed by atoms with van der Waals surface area (Å²) in [6.07, 6.45) is 4.41. The van der Waals surface area contributed by atoms with Gasteiger partial charge < -0.3 is 13.7 Å². The minimum atomic E-state index is 0.377. The van der Waals surface area contributed by atoms with Crippen molar-refractivity contribution in [1.82, 2.24) is 19.7 Å². The molecule has 1 fully saturated rings. The van der Waals surface area contributed by atoms with Crippen molar-refractivity contribution in [2.24, 2.45) is 7.05 Å². The predicted octanol–water partition coefficient (Wildman–Crippen LogP) is 2.56. The van der Waals surface area contributed by atoms with Crippen LogP contribution in [0.15, 0.2) is 33.1 Å². The topological polar surface area (TPSA) is 56.3 Å². The molecule has 2 aromatic heterocycles. The van der Waals surface area contributed by atoms with Gasteiger partial charge in [0.1, 0.15) is 12.1 Å². The van der Waals surface area contributed by atoms with Crippen LogP contribution in [0, 0.1) is 0 Å². The Morgan fingerprint density at radius 3 is 3.05 bits per heavy atom. The van der Waals surface area contributed by atoms with E-state index in [0.29, 0.717) is 6.10 Å². The molecule has 0 radical (unpaired) electrons. The number of aryl methyl sites for hydroxylation is 1. The Labute approximate surface area is 134 Å². The van der Waals surface area contributed by atoms with Gasteiger partial charge >= 0.3 is 0 Å². The van der Waals surface area contributed by atoms with Crippen molar-refractivity contribution in [3.8, 4) is 0 Å². The highest BCUT2D eigenvalue weighted by molar-refractivity contribution is 7.99. The SMILES string of the molecule is CCN(Cc1ccc(Sc2nncn2C)o1)C[C@@H]1CCCO1. The van der Waals surface area contributed by atoms with Crippen molar-refractivity contribution in [3.63, 3.8) is 0 Å². The highest BCUT2D eigenvalue weighted by Gasteiger charge is 2.19. The standard InChI is InChI=1S/C15H22N4O2S/c1-3-19(9-12-5-4-8-20-12)10-13-6-7-14(21-13)22-15-17-16-11-18(15)2/h6-7,11-12H,3-5,8-10H2,1-2H3/t12-/m0/s1. The maximum Gasteiger partial charge on any atom is 0.198 e. The summed E-state index contributed by atoms with van der Waals surface area (Å²) in [5.41, 5.74) is 0. The predicted molar refractivity (Wildman–Crippen MR) is 83.8 cm³/mol. The number of hydrogen-bond donors (Lipinski definition) is 0.